The SMILES string of the molecule is Oc1cccc(CNc2ccccc2N2CCCCC2)c1. The first-order chi connectivity index (χ1) is 10.3. The largest absolute Gasteiger partial charge is 0.508 e. The van der Waals surface area contributed by atoms with Gasteiger partial charge in [-0.3, -0.25) is 0 Å². The number of hydrogen-bond acceptors (Lipinski definition) is 3. The summed E-state index contributed by atoms with van der Waals surface area (Å²) in [7, 11) is 0. The number of rotatable bonds is 4. The second kappa shape index (κ2) is 6.53. The molecule has 3 heteroatoms. The van der Waals surface area contributed by atoms with Gasteiger partial charge in [0.1, 0.15) is 5.75 Å². The summed E-state index contributed by atoms with van der Waals surface area (Å²) < 4.78 is 0. The highest BCUT2D eigenvalue weighted by Crippen LogP contribution is 2.28. The Labute approximate surface area is 126 Å². The fourth-order valence-electron chi connectivity index (χ4n) is 2.90. The molecule has 2 aromatic rings. The summed E-state index contributed by atoms with van der Waals surface area (Å²) in [5.74, 6) is 0.318. The van der Waals surface area contributed by atoms with Gasteiger partial charge in [-0.15, -0.1) is 0 Å². The second-order valence-corrected chi connectivity index (χ2v) is 5.59. The smallest absolute Gasteiger partial charge is 0.115 e. The quantitative estimate of drug-likeness (QED) is 0.890. The van der Waals surface area contributed by atoms with Gasteiger partial charge in [-0.2, -0.15) is 0 Å². The van der Waals surface area contributed by atoms with Crippen LogP contribution in [0.1, 0.15) is 24.8 Å². The first kappa shape index (κ1) is 13.8. The Morgan fingerprint density at radius 1 is 0.952 bits per heavy atom. The lowest BCUT2D eigenvalue weighted by Gasteiger charge is -2.30. The molecule has 110 valence electrons. The second-order valence-electron chi connectivity index (χ2n) is 5.59. The van der Waals surface area contributed by atoms with E-state index in [1.807, 2.05) is 12.1 Å². The fourth-order valence-corrected chi connectivity index (χ4v) is 2.90. The molecular weight excluding hydrogens is 260 g/mol. The first-order valence-corrected chi connectivity index (χ1v) is 7.69. The van der Waals surface area contributed by atoms with Crippen LogP contribution < -0.4 is 10.2 Å². The van der Waals surface area contributed by atoms with Crippen LogP contribution in [0, 0.1) is 0 Å². The Morgan fingerprint density at radius 2 is 1.76 bits per heavy atom. The molecule has 3 rings (SSSR count). The summed E-state index contributed by atoms with van der Waals surface area (Å²) in [5.41, 5.74) is 3.54. The molecule has 0 bridgehead atoms. The van der Waals surface area contributed by atoms with Crippen molar-refractivity contribution in [1.29, 1.82) is 0 Å². The number of nitrogens with one attached hydrogen (secondary N) is 1. The summed E-state index contributed by atoms with van der Waals surface area (Å²) >= 11 is 0. The van der Waals surface area contributed by atoms with Gasteiger partial charge in [0.15, 0.2) is 0 Å². The first-order valence-electron chi connectivity index (χ1n) is 7.69. The van der Waals surface area contributed by atoms with E-state index >= 15 is 0 Å². The molecule has 3 nitrogen and oxygen atoms in total. The number of phenols is 1. The van der Waals surface area contributed by atoms with Crippen LogP contribution in [-0.2, 0) is 6.54 Å². The molecule has 0 amide bonds. The molecule has 0 radical (unpaired) electrons. The number of aromatic hydroxyl groups is 1. The van der Waals surface area contributed by atoms with E-state index in [9.17, 15) is 5.11 Å². The minimum absolute atomic E-state index is 0.318. The van der Waals surface area contributed by atoms with Crippen molar-refractivity contribution < 1.29 is 5.11 Å². The molecule has 0 unspecified atom stereocenters. The summed E-state index contributed by atoms with van der Waals surface area (Å²) in [4.78, 5) is 2.47. The van der Waals surface area contributed by atoms with Gasteiger partial charge in [-0.05, 0) is 49.1 Å². The predicted octanol–water partition coefficient (Wildman–Crippen LogP) is 3.99. The maximum atomic E-state index is 9.53. The molecule has 1 heterocycles. The molecule has 1 fully saturated rings. The standard InChI is InChI=1S/C18H22N2O/c21-16-8-6-7-15(13-16)14-19-17-9-2-3-10-18(17)20-11-4-1-5-12-20/h2-3,6-10,13,19,21H,1,4-5,11-12,14H2. The van der Waals surface area contributed by atoms with E-state index in [0.717, 1.165) is 25.2 Å². The van der Waals surface area contributed by atoms with Crippen LogP contribution in [0.5, 0.6) is 5.75 Å². The topological polar surface area (TPSA) is 35.5 Å². The molecule has 0 aliphatic carbocycles. The molecule has 0 spiro atoms. The summed E-state index contributed by atoms with van der Waals surface area (Å²) in [6, 6.07) is 15.9. The van der Waals surface area contributed by atoms with Crippen molar-refractivity contribution in [3.63, 3.8) is 0 Å². The lowest BCUT2D eigenvalue weighted by atomic mass is 10.1. The van der Waals surface area contributed by atoms with E-state index in [1.54, 1.807) is 12.1 Å². The third-order valence-corrected chi connectivity index (χ3v) is 3.99. The molecule has 1 saturated heterocycles. The van der Waals surface area contributed by atoms with E-state index in [0.29, 0.717) is 5.75 Å². The van der Waals surface area contributed by atoms with Crippen LogP contribution in [0.25, 0.3) is 0 Å². The monoisotopic (exact) mass is 282 g/mol. The van der Waals surface area contributed by atoms with Crippen molar-refractivity contribution >= 4 is 11.4 Å². The zero-order chi connectivity index (χ0) is 14.5. The van der Waals surface area contributed by atoms with Crippen molar-refractivity contribution in [3.8, 4) is 5.75 Å². The molecule has 2 N–H and O–H groups in total. The van der Waals surface area contributed by atoms with Crippen LogP contribution >= 0.6 is 0 Å². The molecule has 21 heavy (non-hydrogen) atoms. The summed E-state index contributed by atoms with van der Waals surface area (Å²) in [6.45, 7) is 3.01. The van der Waals surface area contributed by atoms with Crippen LogP contribution in [0.15, 0.2) is 48.5 Å². The van der Waals surface area contributed by atoms with Gasteiger partial charge < -0.3 is 15.3 Å². The molecule has 1 aliphatic heterocycles. The van der Waals surface area contributed by atoms with Crippen molar-refractivity contribution in [2.24, 2.45) is 0 Å². The molecule has 2 aromatic carbocycles. The van der Waals surface area contributed by atoms with Gasteiger partial charge in [0.05, 0.1) is 11.4 Å². The highest BCUT2D eigenvalue weighted by atomic mass is 16.3. The number of benzene rings is 2. The summed E-state index contributed by atoms with van der Waals surface area (Å²) in [6.07, 6.45) is 3.90. The van der Waals surface area contributed by atoms with Gasteiger partial charge in [0.25, 0.3) is 0 Å². The van der Waals surface area contributed by atoms with Gasteiger partial charge in [-0.25, -0.2) is 0 Å². The number of nitrogens with zero attached hydrogens (tertiary/aromatic N) is 1. The van der Waals surface area contributed by atoms with E-state index in [-0.39, 0.29) is 0 Å². The zero-order valence-electron chi connectivity index (χ0n) is 12.3. The molecular formula is C18H22N2O. The van der Waals surface area contributed by atoms with Crippen LogP contribution in [0.2, 0.25) is 0 Å². The number of para-hydroxylation sites is 2. The molecule has 0 atom stereocenters. The van der Waals surface area contributed by atoms with Crippen molar-refractivity contribution in [2.45, 2.75) is 25.8 Å². The average molecular weight is 282 g/mol. The minimum Gasteiger partial charge on any atom is -0.508 e. The maximum absolute atomic E-state index is 9.53. The Balaban J connectivity index is 1.73. The number of phenolic OH excluding ortho intramolecular Hbond substituents is 1. The molecule has 1 aliphatic rings. The van der Waals surface area contributed by atoms with E-state index in [4.69, 9.17) is 0 Å². The average Bonchev–Trinajstić information content (AvgIpc) is 2.54. The van der Waals surface area contributed by atoms with Crippen molar-refractivity contribution in [2.75, 3.05) is 23.3 Å². The Bertz CT molecular complexity index is 591. The van der Waals surface area contributed by atoms with Crippen molar-refractivity contribution in [3.05, 3.63) is 54.1 Å². The normalized spacial score (nSPS) is 15.0. The van der Waals surface area contributed by atoms with Crippen LogP contribution in [0.3, 0.4) is 0 Å². The minimum atomic E-state index is 0.318. The Hall–Kier alpha value is -2.16. The number of hydrogen-bond donors (Lipinski definition) is 2. The maximum Gasteiger partial charge on any atom is 0.115 e. The number of piperidine rings is 1. The highest BCUT2D eigenvalue weighted by Gasteiger charge is 2.13. The highest BCUT2D eigenvalue weighted by molar-refractivity contribution is 5.70. The third-order valence-electron chi connectivity index (χ3n) is 3.99. The lowest BCUT2D eigenvalue weighted by molar-refractivity contribution is 0.474. The van der Waals surface area contributed by atoms with Gasteiger partial charge in [0, 0.05) is 19.6 Å². The number of anilines is 2. The van der Waals surface area contributed by atoms with Crippen LogP contribution in [0.4, 0.5) is 11.4 Å². The molecule has 0 saturated carbocycles. The van der Waals surface area contributed by atoms with Crippen LogP contribution in [-0.4, -0.2) is 18.2 Å². The third kappa shape index (κ3) is 3.48. The Kier molecular flexibility index (Phi) is 4.29. The van der Waals surface area contributed by atoms with E-state index < -0.39 is 0 Å². The van der Waals surface area contributed by atoms with Gasteiger partial charge in [0.2, 0.25) is 0 Å². The Morgan fingerprint density at radius 3 is 2.57 bits per heavy atom. The van der Waals surface area contributed by atoms with Gasteiger partial charge >= 0.3 is 0 Å². The summed E-state index contributed by atoms with van der Waals surface area (Å²) in [5, 5.41) is 13.0. The predicted molar refractivity (Wildman–Crippen MR) is 87.9 cm³/mol. The van der Waals surface area contributed by atoms with E-state index in [1.165, 1.54) is 30.6 Å². The lowest BCUT2D eigenvalue weighted by Crippen LogP contribution is -2.30. The van der Waals surface area contributed by atoms with Crippen molar-refractivity contribution in [1.82, 2.24) is 0 Å². The van der Waals surface area contributed by atoms with Gasteiger partial charge in [-0.1, -0.05) is 24.3 Å². The molecule has 0 aromatic heterocycles. The fraction of sp³-hybridized carbons (Fsp3) is 0.333. The van der Waals surface area contributed by atoms with E-state index in [2.05, 4.69) is 34.5 Å². The zero-order valence-corrected chi connectivity index (χ0v) is 12.3.